The Bertz CT molecular complexity index is 599. The molecule has 0 bridgehead atoms. The van der Waals surface area contributed by atoms with Crippen LogP contribution < -0.4 is 5.32 Å². The third-order valence-electron chi connectivity index (χ3n) is 2.59. The molecule has 1 aromatic carbocycles. The Morgan fingerprint density at radius 1 is 1.53 bits per heavy atom. The molecule has 2 aromatic rings. The molecular weight excluding hydrogens is 314 g/mol. The molecule has 0 unspecified atom stereocenters. The van der Waals surface area contributed by atoms with E-state index in [0.717, 1.165) is 5.82 Å². The minimum Gasteiger partial charge on any atom is -0.313 e. The van der Waals surface area contributed by atoms with Gasteiger partial charge < -0.3 is 5.32 Å². The van der Waals surface area contributed by atoms with Gasteiger partial charge in [0.25, 0.3) is 5.69 Å². The maximum atomic E-state index is 11.0. The standard InChI is InChI=1S/C11H12BrN5O2/c1-13-5-11-14-7-15-16(11)6-8-2-3-9(12)4-10(8)17(18)19/h2-4,7,13H,5-6H2,1H3. The van der Waals surface area contributed by atoms with Crippen LogP contribution in [0.5, 0.6) is 0 Å². The summed E-state index contributed by atoms with van der Waals surface area (Å²) in [6.07, 6.45) is 1.44. The summed E-state index contributed by atoms with van der Waals surface area (Å²) >= 11 is 3.23. The predicted octanol–water partition coefficient (Wildman–Crippen LogP) is 1.72. The fourth-order valence-electron chi connectivity index (χ4n) is 1.72. The molecule has 0 spiro atoms. The number of hydrogen-bond acceptors (Lipinski definition) is 5. The minimum absolute atomic E-state index is 0.0697. The average Bonchev–Trinajstić information content (AvgIpc) is 2.79. The third kappa shape index (κ3) is 3.15. The molecule has 0 aliphatic rings. The lowest BCUT2D eigenvalue weighted by molar-refractivity contribution is -0.385. The summed E-state index contributed by atoms with van der Waals surface area (Å²) < 4.78 is 2.32. The van der Waals surface area contributed by atoms with Crippen molar-refractivity contribution in [3.8, 4) is 0 Å². The van der Waals surface area contributed by atoms with E-state index in [4.69, 9.17) is 0 Å². The monoisotopic (exact) mass is 325 g/mol. The van der Waals surface area contributed by atoms with Crippen LogP contribution in [0, 0.1) is 10.1 Å². The van der Waals surface area contributed by atoms with Gasteiger partial charge in [0, 0.05) is 10.5 Å². The van der Waals surface area contributed by atoms with Crippen LogP contribution >= 0.6 is 15.9 Å². The zero-order valence-corrected chi connectivity index (χ0v) is 11.8. The van der Waals surface area contributed by atoms with Gasteiger partial charge in [0.05, 0.1) is 23.6 Å². The molecule has 8 heteroatoms. The van der Waals surface area contributed by atoms with Crippen LogP contribution in [0.3, 0.4) is 0 Å². The first-order valence-electron chi connectivity index (χ1n) is 5.56. The number of nitro groups is 1. The lowest BCUT2D eigenvalue weighted by atomic mass is 10.2. The smallest absolute Gasteiger partial charge is 0.275 e. The van der Waals surface area contributed by atoms with E-state index in [9.17, 15) is 10.1 Å². The molecular formula is C11H12BrN5O2. The van der Waals surface area contributed by atoms with Crippen molar-refractivity contribution in [2.75, 3.05) is 7.05 Å². The summed E-state index contributed by atoms with van der Waals surface area (Å²) in [4.78, 5) is 14.8. The highest BCUT2D eigenvalue weighted by molar-refractivity contribution is 9.10. The molecule has 0 fully saturated rings. The molecule has 7 nitrogen and oxygen atoms in total. The minimum atomic E-state index is -0.394. The van der Waals surface area contributed by atoms with Crippen molar-refractivity contribution in [2.45, 2.75) is 13.1 Å². The second kappa shape index (κ2) is 5.89. The average molecular weight is 326 g/mol. The fourth-order valence-corrected chi connectivity index (χ4v) is 2.07. The van der Waals surface area contributed by atoms with Crippen LogP contribution in [-0.4, -0.2) is 26.7 Å². The normalized spacial score (nSPS) is 10.6. The number of nitro benzene ring substituents is 1. The highest BCUT2D eigenvalue weighted by Crippen LogP contribution is 2.24. The Balaban J connectivity index is 2.32. The van der Waals surface area contributed by atoms with Gasteiger partial charge in [-0.25, -0.2) is 9.67 Å². The summed E-state index contributed by atoms with van der Waals surface area (Å²) in [7, 11) is 1.81. The highest BCUT2D eigenvalue weighted by atomic mass is 79.9. The molecule has 1 heterocycles. The van der Waals surface area contributed by atoms with Crippen molar-refractivity contribution < 1.29 is 4.92 Å². The van der Waals surface area contributed by atoms with Crippen molar-refractivity contribution in [3.05, 3.63) is 50.5 Å². The van der Waals surface area contributed by atoms with E-state index < -0.39 is 4.92 Å². The molecule has 0 saturated carbocycles. The molecule has 100 valence electrons. The van der Waals surface area contributed by atoms with Crippen molar-refractivity contribution in [1.82, 2.24) is 20.1 Å². The third-order valence-corrected chi connectivity index (χ3v) is 3.09. The number of aromatic nitrogens is 3. The summed E-state index contributed by atoms with van der Waals surface area (Å²) in [5.74, 6) is 0.736. The van der Waals surface area contributed by atoms with Crippen LogP contribution in [-0.2, 0) is 13.1 Å². The summed E-state index contributed by atoms with van der Waals surface area (Å²) in [6, 6.07) is 4.98. The first-order valence-corrected chi connectivity index (χ1v) is 6.35. The van der Waals surface area contributed by atoms with Gasteiger partial charge in [-0.1, -0.05) is 15.9 Å². The molecule has 2 rings (SSSR count). The second-order valence-corrected chi connectivity index (χ2v) is 4.81. The maximum absolute atomic E-state index is 11.0. The number of nitrogens with one attached hydrogen (secondary N) is 1. The maximum Gasteiger partial charge on any atom is 0.275 e. The van der Waals surface area contributed by atoms with E-state index >= 15 is 0 Å². The van der Waals surface area contributed by atoms with Gasteiger partial charge in [0.1, 0.15) is 12.2 Å². The molecule has 1 N–H and O–H groups in total. The quantitative estimate of drug-likeness (QED) is 0.668. The molecule has 0 amide bonds. The lowest BCUT2D eigenvalue weighted by Gasteiger charge is -2.07. The number of nitrogens with zero attached hydrogens (tertiary/aromatic N) is 4. The van der Waals surface area contributed by atoms with Gasteiger partial charge in [-0.3, -0.25) is 10.1 Å². The van der Waals surface area contributed by atoms with Crippen LogP contribution in [0.1, 0.15) is 11.4 Å². The van der Waals surface area contributed by atoms with E-state index in [-0.39, 0.29) is 5.69 Å². The summed E-state index contributed by atoms with van der Waals surface area (Å²) in [5, 5.41) is 18.1. The summed E-state index contributed by atoms with van der Waals surface area (Å²) in [5.41, 5.74) is 0.663. The van der Waals surface area contributed by atoms with E-state index in [2.05, 4.69) is 31.3 Å². The van der Waals surface area contributed by atoms with Gasteiger partial charge in [-0.2, -0.15) is 5.10 Å². The molecule has 0 aliphatic carbocycles. The predicted molar refractivity (Wildman–Crippen MR) is 72.7 cm³/mol. The Hall–Kier alpha value is -1.80. The van der Waals surface area contributed by atoms with Crippen LogP contribution in [0.4, 0.5) is 5.69 Å². The number of hydrogen-bond donors (Lipinski definition) is 1. The highest BCUT2D eigenvalue weighted by Gasteiger charge is 2.16. The van der Waals surface area contributed by atoms with E-state index in [1.54, 1.807) is 23.9 Å². The first-order chi connectivity index (χ1) is 9.11. The van der Waals surface area contributed by atoms with E-state index in [1.807, 2.05) is 0 Å². The van der Waals surface area contributed by atoms with Gasteiger partial charge >= 0.3 is 0 Å². The Morgan fingerprint density at radius 3 is 3.00 bits per heavy atom. The van der Waals surface area contributed by atoms with E-state index in [1.165, 1.54) is 12.4 Å². The SMILES string of the molecule is CNCc1ncnn1Cc1ccc(Br)cc1[N+](=O)[O-]. The first kappa shape index (κ1) is 13.6. The molecule has 1 aromatic heterocycles. The lowest BCUT2D eigenvalue weighted by Crippen LogP contribution is -2.14. The number of rotatable bonds is 5. The zero-order valence-electron chi connectivity index (χ0n) is 10.2. The van der Waals surface area contributed by atoms with Gasteiger partial charge in [0.15, 0.2) is 0 Å². The second-order valence-electron chi connectivity index (χ2n) is 3.89. The fraction of sp³-hybridized carbons (Fsp3) is 0.273. The van der Waals surface area contributed by atoms with Crippen molar-refractivity contribution in [1.29, 1.82) is 0 Å². The molecule has 0 aliphatic heterocycles. The topological polar surface area (TPSA) is 85.9 Å². The van der Waals surface area contributed by atoms with Crippen LogP contribution in [0.25, 0.3) is 0 Å². The van der Waals surface area contributed by atoms with E-state index in [0.29, 0.717) is 23.1 Å². The molecule has 0 atom stereocenters. The largest absolute Gasteiger partial charge is 0.313 e. The van der Waals surface area contributed by atoms with Crippen molar-refractivity contribution in [2.24, 2.45) is 0 Å². The van der Waals surface area contributed by atoms with Gasteiger partial charge in [0.2, 0.25) is 0 Å². The number of halogens is 1. The molecule has 19 heavy (non-hydrogen) atoms. The van der Waals surface area contributed by atoms with Crippen LogP contribution in [0.15, 0.2) is 29.0 Å². The Morgan fingerprint density at radius 2 is 2.32 bits per heavy atom. The van der Waals surface area contributed by atoms with Crippen molar-refractivity contribution >= 4 is 21.6 Å². The summed E-state index contributed by atoms with van der Waals surface area (Å²) in [6.45, 7) is 0.880. The van der Waals surface area contributed by atoms with Gasteiger partial charge in [-0.15, -0.1) is 0 Å². The Kier molecular flexibility index (Phi) is 4.23. The van der Waals surface area contributed by atoms with Gasteiger partial charge in [-0.05, 0) is 19.2 Å². The van der Waals surface area contributed by atoms with Crippen LogP contribution in [0.2, 0.25) is 0 Å². The zero-order chi connectivity index (χ0) is 13.8. The van der Waals surface area contributed by atoms with Crippen molar-refractivity contribution in [3.63, 3.8) is 0 Å². The Labute approximate surface area is 117 Å². The molecule has 0 saturated heterocycles. The molecule has 0 radical (unpaired) electrons. The number of benzene rings is 1.